The maximum Gasteiger partial charge on any atom is 0.349 e. The normalized spacial score (nSPS) is 10.4. The van der Waals surface area contributed by atoms with Gasteiger partial charge in [0.15, 0.2) is 5.76 Å². The Morgan fingerprint density at radius 1 is 1.08 bits per heavy atom. The van der Waals surface area contributed by atoms with Gasteiger partial charge in [0, 0.05) is 11.5 Å². The highest BCUT2D eigenvalue weighted by Crippen LogP contribution is 2.20. The largest absolute Gasteiger partial charge is 0.497 e. The molecule has 0 aliphatic heterocycles. The van der Waals surface area contributed by atoms with Gasteiger partial charge in [-0.3, -0.25) is 20.4 Å². The molecule has 2 aromatic heterocycles. The van der Waals surface area contributed by atoms with Gasteiger partial charge in [-0.25, -0.2) is 4.79 Å². The third kappa shape index (κ3) is 2.98. The van der Waals surface area contributed by atoms with Crippen LogP contribution >= 0.6 is 0 Å². The number of ether oxygens (including phenoxy) is 1. The summed E-state index contributed by atoms with van der Waals surface area (Å²) < 4.78 is 15.0. The molecule has 24 heavy (non-hydrogen) atoms. The molecule has 3 aromatic rings. The summed E-state index contributed by atoms with van der Waals surface area (Å²) in [5, 5.41) is 0.540. The summed E-state index contributed by atoms with van der Waals surface area (Å²) in [5.41, 5.74) is 3.49. The molecule has 2 amide bonds. The van der Waals surface area contributed by atoms with E-state index in [1.165, 1.54) is 37.6 Å². The first-order chi connectivity index (χ1) is 11.6. The summed E-state index contributed by atoms with van der Waals surface area (Å²) in [7, 11) is 1.49. The lowest BCUT2D eigenvalue weighted by atomic mass is 10.1. The van der Waals surface area contributed by atoms with Gasteiger partial charge in [0.2, 0.25) is 0 Å². The van der Waals surface area contributed by atoms with Gasteiger partial charge < -0.3 is 13.6 Å². The van der Waals surface area contributed by atoms with Crippen LogP contribution in [0.2, 0.25) is 0 Å². The highest BCUT2D eigenvalue weighted by atomic mass is 16.5. The van der Waals surface area contributed by atoms with Crippen molar-refractivity contribution in [3.05, 3.63) is 64.4 Å². The van der Waals surface area contributed by atoms with Gasteiger partial charge in [-0.2, -0.15) is 0 Å². The summed E-state index contributed by atoms with van der Waals surface area (Å²) in [5.74, 6) is -0.911. The van der Waals surface area contributed by atoms with Gasteiger partial charge in [0.25, 0.3) is 5.91 Å². The van der Waals surface area contributed by atoms with Crippen molar-refractivity contribution in [3.8, 4) is 5.75 Å². The first-order valence-electron chi connectivity index (χ1n) is 6.84. The number of carbonyl (C=O) groups is 2. The molecule has 0 unspecified atom stereocenters. The van der Waals surface area contributed by atoms with Gasteiger partial charge in [-0.05, 0) is 30.3 Å². The van der Waals surface area contributed by atoms with Crippen LogP contribution < -0.4 is 21.2 Å². The Balaban J connectivity index is 1.80. The fourth-order valence-electron chi connectivity index (χ4n) is 2.03. The molecule has 0 bridgehead atoms. The molecule has 0 spiro atoms. The molecule has 8 nitrogen and oxygen atoms in total. The zero-order chi connectivity index (χ0) is 17.1. The molecular weight excluding hydrogens is 316 g/mol. The number of hydrogen-bond acceptors (Lipinski definition) is 6. The van der Waals surface area contributed by atoms with Gasteiger partial charge in [0.05, 0.1) is 13.4 Å². The Hall–Kier alpha value is -3.55. The van der Waals surface area contributed by atoms with Gasteiger partial charge >= 0.3 is 11.5 Å². The van der Waals surface area contributed by atoms with Gasteiger partial charge in [-0.15, -0.1) is 0 Å². The molecule has 0 radical (unpaired) electrons. The highest BCUT2D eigenvalue weighted by Gasteiger charge is 2.16. The van der Waals surface area contributed by atoms with E-state index in [1.54, 1.807) is 12.1 Å². The molecule has 122 valence electrons. The van der Waals surface area contributed by atoms with E-state index in [1.807, 2.05) is 0 Å². The van der Waals surface area contributed by atoms with Crippen LogP contribution in [0.15, 0.2) is 56.3 Å². The van der Waals surface area contributed by atoms with Crippen LogP contribution in [-0.2, 0) is 0 Å². The smallest absolute Gasteiger partial charge is 0.349 e. The molecule has 0 aliphatic rings. The lowest BCUT2D eigenvalue weighted by Crippen LogP contribution is -2.42. The minimum Gasteiger partial charge on any atom is -0.497 e. The number of carbonyl (C=O) groups excluding carboxylic acids is 2. The summed E-state index contributed by atoms with van der Waals surface area (Å²) in [6.07, 6.45) is 1.32. The number of fused-ring (bicyclic) bond motifs is 1. The quantitative estimate of drug-likeness (QED) is 0.556. The molecule has 0 saturated heterocycles. The van der Waals surface area contributed by atoms with Crippen LogP contribution in [0.25, 0.3) is 11.0 Å². The number of nitrogens with one attached hydrogen (secondary N) is 2. The SMILES string of the molecule is COc1ccc2cc(C(=O)NNC(=O)c3ccco3)c(=O)oc2c1. The van der Waals surface area contributed by atoms with E-state index in [-0.39, 0.29) is 16.9 Å². The molecule has 0 atom stereocenters. The van der Waals surface area contributed by atoms with Crippen molar-refractivity contribution in [2.24, 2.45) is 0 Å². The summed E-state index contributed by atoms with van der Waals surface area (Å²) >= 11 is 0. The van der Waals surface area contributed by atoms with Crippen molar-refractivity contribution < 1.29 is 23.2 Å². The van der Waals surface area contributed by atoms with E-state index in [9.17, 15) is 14.4 Å². The lowest BCUT2D eigenvalue weighted by Gasteiger charge is -2.06. The number of benzene rings is 1. The number of rotatable bonds is 3. The van der Waals surface area contributed by atoms with Crippen LogP contribution in [0.3, 0.4) is 0 Å². The van der Waals surface area contributed by atoms with E-state index in [2.05, 4.69) is 10.9 Å². The second-order valence-corrected chi connectivity index (χ2v) is 4.74. The predicted octanol–water partition coefficient (Wildman–Crippen LogP) is 1.47. The minimum absolute atomic E-state index is 0.0212. The van der Waals surface area contributed by atoms with E-state index < -0.39 is 17.4 Å². The van der Waals surface area contributed by atoms with Crippen molar-refractivity contribution in [3.63, 3.8) is 0 Å². The van der Waals surface area contributed by atoms with Crippen molar-refractivity contribution in [1.29, 1.82) is 0 Å². The first kappa shape index (κ1) is 15.3. The molecule has 0 saturated carbocycles. The number of amides is 2. The molecule has 2 heterocycles. The second-order valence-electron chi connectivity index (χ2n) is 4.74. The van der Waals surface area contributed by atoms with Crippen molar-refractivity contribution in [2.45, 2.75) is 0 Å². The highest BCUT2D eigenvalue weighted by molar-refractivity contribution is 5.99. The number of hydrazine groups is 1. The molecule has 3 rings (SSSR count). The second kappa shape index (κ2) is 6.29. The average molecular weight is 328 g/mol. The van der Waals surface area contributed by atoms with Crippen molar-refractivity contribution in [1.82, 2.24) is 10.9 Å². The zero-order valence-corrected chi connectivity index (χ0v) is 12.5. The molecule has 8 heteroatoms. The van der Waals surface area contributed by atoms with E-state index in [0.29, 0.717) is 11.1 Å². The number of methoxy groups -OCH3 is 1. The van der Waals surface area contributed by atoms with Crippen molar-refractivity contribution >= 4 is 22.8 Å². The van der Waals surface area contributed by atoms with E-state index in [0.717, 1.165) is 0 Å². The molecule has 0 aliphatic carbocycles. The van der Waals surface area contributed by atoms with Crippen molar-refractivity contribution in [2.75, 3.05) is 7.11 Å². The number of furan rings is 1. The topological polar surface area (TPSA) is 111 Å². The van der Waals surface area contributed by atoms with Crippen LogP contribution in [0.5, 0.6) is 5.75 Å². The Bertz CT molecular complexity index is 958. The Labute approximate surface area is 135 Å². The molecule has 0 fully saturated rings. The minimum atomic E-state index is -0.833. The third-order valence-electron chi connectivity index (χ3n) is 3.22. The van der Waals surface area contributed by atoms with Crippen LogP contribution in [-0.4, -0.2) is 18.9 Å². The van der Waals surface area contributed by atoms with Crippen LogP contribution in [0.1, 0.15) is 20.9 Å². The zero-order valence-electron chi connectivity index (χ0n) is 12.5. The summed E-state index contributed by atoms with van der Waals surface area (Å²) in [6.45, 7) is 0. The Kier molecular flexibility index (Phi) is 4.02. The summed E-state index contributed by atoms with van der Waals surface area (Å²) in [6, 6.07) is 9.19. The Morgan fingerprint density at radius 3 is 2.58 bits per heavy atom. The van der Waals surface area contributed by atoms with Gasteiger partial charge in [-0.1, -0.05) is 0 Å². The van der Waals surface area contributed by atoms with Crippen LogP contribution in [0, 0.1) is 0 Å². The maximum atomic E-state index is 12.1. The van der Waals surface area contributed by atoms with E-state index in [4.69, 9.17) is 13.6 Å². The lowest BCUT2D eigenvalue weighted by molar-refractivity contribution is 0.0829. The third-order valence-corrected chi connectivity index (χ3v) is 3.22. The molecule has 1 aromatic carbocycles. The van der Waals surface area contributed by atoms with E-state index >= 15 is 0 Å². The summed E-state index contributed by atoms with van der Waals surface area (Å²) in [4.78, 5) is 35.7. The standard InChI is InChI=1S/C16H12N2O6/c1-22-10-5-4-9-7-11(16(21)24-13(9)8-10)14(19)17-18-15(20)12-3-2-6-23-12/h2-8H,1H3,(H,17,19)(H,18,20). The average Bonchev–Trinajstić information content (AvgIpc) is 3.12. The fourth-order valence-corrected chi connectivity index (χ4v) is 2.03. The predicted molar refractivity (Wildman–Crippen MR) is 82.7 cm³/mol. The van der Waals surface area contributed by atoms with Gasteiger partial charge in [0.1, 0.15) is 16.9 Å². The maximum absolute atomic E-state index is 12.1. The Morgan fingerprint density at radius 2 is 1.88 bits per heavy atom. The molecular formula is C16H12N2O6. The molecule has 2 N–H and O–H groups in total. The first-order valence-corrected chi connectivity index (χ1v) is 6.84. The monoisotopic (exact) mass is 328 g/mol. The number of hydrogen-bond donors (Lipinski definition) is 2. The van der Waals surface area contributed by atoms with Crippen LogP contribution in [0.4, 0.5) is 0 Å². The fraction of sp³-hybridized carbons (Fsp3) is 0.0625.